The molecule has 0 saturated heterocycles. The Morgan fingerprint density at radius 1 is 1.42 bits per heavy atom. The number of benzene rings is 1. The highest BCUT2D eigenvalue weighted by Crippen LogP contribution is 2.26. The van der Waals surface area contributed by atoms with Crippen molar-refractivity contribution in [3.05, 3.63) is 51.2 Å². The van der Waals surface area contributed by atoms with Gasteiger partial charge in [-0.1, -0.05) is 29.9 Å². The Morgan fingerprint density at radius 2 is 2.21 bits per heavy atom. The van der Waals surface area contributed by atoms with E-state index in [1.165, 1.54) is 4.88 Å². The molecule has 2 rings (SSSR count). The Morgan fingerprint density at radius 3 is 2.79 bits per heavy atom. The van der Waals surface area contributed by atoms with Gasteiger partial charge in [0.25, 0.3) is 0 Å². The van der Waals surface area contributed by atoms with E-state index >= 15 is 0 Å². The minimum Gasteiger partial charge on any atom is -0.389 e. The summed E-state index contributed by atoms with van der Waals surface area (Å²) in [6, 6.07) is 9.91. The van der Waals surface area contributed by atoms with Crippen molar-refractivity contribution in [2.45, 2.75) is 6.42 Å². The van der Waals surface area contributed by atoms with Crippen molar-refractivity contribution < 1.29 is 0 Å². The first kappa shape index (κ1) is 14.3. The van der Waals surface area contributed by atoms with Gasteiger partial charge in [0.2, 0.25) is 0 Å². The topological polar surface area (TPSA) is 29.3 Å². The quantitative estimate of drug-likeness (QED) is 0.854. The molecule has 100 valence electrons. The number of hydrogen-bond acceptors (Lipinski definition) is 3. The van der Waals surface area contributed by atoms with Crippen LogP contribution < -0.4 is 10.6 Å². The molecule has 0 amide bonds. The van der Waals surface area contributed by atoms with Crippen molar-refractivity contribution in [3.63, 3.8) is 0 Å². The summed E-state index contributed by atoms with van der Waals surface area (Å²) in [5, 5.41) is 2.78. The molecule has 5 heteroatoms. The van der Waals surface area contributed by atoms with Gasteiger partial charge in [0.05, 0.1) is 10.7 Å². The third kappa shape index (κ3) is 3.69. The Kier molecular flexibility index (Phi) is 4.80. The van der Waals surface area contributed by atoms with Crippen LogP contribution in [0.2, 0.25) is 5.02 Å². The van der Waals surface area contributed by atoms with Crippen LogP contribution in [-0.2, 0) is 6.42 Å². The minimum absolute atomic E-state index is 0.370. The van der Waals surface area contributed by atoms with Crippen LogP contribution in [-0.4, -0.2) is 18.6 Å². The van der Waals surface area contributed by atoms with E-state index in [0.29, 0.717) is 10.0 Å². The number of rotatable bonds is 5. The summed E-state index contributed by atoms with van der Waals surface area (Å²) in [7, 11) is 2.04. The lowest BCUT2D eigenvalue weighted by Crippen LogP contribution is -2.20. The molecule has 0 bridgehead atoms. The van der Waals surface area contributed by atoms with Gasteiger partial charge in [-0.2, -0.15) is 0 Å². The molecule has 0 unspecified atom stereocenters. The van der Waals surface area contributed by atoms with Gasteiger partial charge in [-0.15, -0.1) is 11.3 Å². The third-order valence-electron chi connectivity index (χ3n) is 2.92. The number of nitrogens with two attached hydrogens (primary N) is 1. The lowest BCUT2D eigenvalue weighted by Gasteiger charge is -2.20. The number of thiocarbonyl (C=S) groups is 1. The maximum atomic E-state index is 6.27. The molecule has 0 spiro atoms. The van der Waals surface area contributed by atoms with E-state index in [9.17, 15) is 0 Å². The maximum absolute atomic E-state index is 6.27. The van der Waals surface area contributed by atoms with Gasteiger partial charge in [-0.25, -0.2) is 0 Å². The summed E-state index contributed by atoms with van der Waals surface area (Å²) in [6.45, 7) is 0.923. The fourth-order valence-corrected chi connectivity index (χ4v) is 2.97. The van der Waals surface area contributed by atoms with Gasteiger partial charge in [-0.05, 0) is 36.1 Å². The first-order valence-electron chi connectivity index (χ1n) is 5.91. The number of hydrogen-bond donors (Lipinski definition) is 1. The average molecular weight is 311 g/mol. The van der Waals surface area contributed by atoms with Crippen LogP contribution >= 0.6 is 35.2 Å². The van der Waals surface area contributed by atoms with Crippen LogP contribution in [0, 0.1) is 0 Å². The van der Waals surface area contributed by atoms with Gasteiger partial charge >= 0.3 is 0 Å². The monoisotopic (exact) mass is 310 g/mol. The second-order valence-corrected chi connectivity index (χ2v) is 6.16. The molecule has 1 aromatic carbocycles. The fraction of sp³-hybridized carbons (Fsp3) is 0.214. The van der Waals surface area contributed by atoms with Crippen molar-refractivity contribution in [1.82, 2.24) is 0 Å². The summed E-state index contributed by atoms with van der Waals surface area (Å²) in [5.41, 5.74) is 7.39. The van der Waals surface area contributed by atoms with Crippen molar-refractivity contribution >= 4 is 45.8 Å². The molecule has 1 aromatic heterocycles. The Hall–Kier alpha value is -1.10. The van der Waals surface area contributed by atoms with Gasteiger partial charge < -0.3 is 10.6 Å². The predicted octanol–water partition coefficient (Wildman–Crippen LogP) is 3.71. The van der Waals surface area contributed by atoms with Gasteiger partial charge in [0.15, 0.2) is 0 Å². The van der Waals surface area contributed by atoms with Gasteiger partial charge in [-0.3, -0.25) is 0 Å². The van der Waals surface area contributed by atoms with E-state index in [0.717, 1.165) is 24.2 Å². The van der Waals surface area contributed by atoms with Gasteiger partial charge in [0, 0.05) is 24.0 Å². The lowest BCUT2D eigenvalue weighted by molar-refractivity contribution is 0.887. The van der Waals surface area contributed by atoms with Crippen LogP contribution in [0.5, 0.6) is 0 Å². The highest BCUT2D eigenvalue weighted by atomic mass is 35.5. The van der Waals surface area contributed by atoms with Crippen LogP contribution in [0.25, 0.3) is 0 Å². The van der Waals surface area contributed by atoms with E-state index in [4.69, 9.17) is 29.6 Å². The number of anilines is 1. The SMILES string of the molecule is CN(CCc1cccs1)c1ccc(C(N)=S)cc1Cl. The number of thiophene rings is 1. The molecule has 2 nitrogen and oxygen atoms in total. The number of halogens is 1. The van der Waals surface area contributed by atoms with E-state index in [1.54, 1.807) is 11.3 Å². The summed E-state index contributed by atoms with van der Waals surface area (Å²) in [5.74, 6) is 0. The van der Waals surface area contributed by atoms with E-state index in [-0.39, 0.29) is 0 Å². The largest absolute Gasteiger partial charge is 0.389 e. The zero-order chi connectivity index (χ0) is 13.8. The molecule has 2 N–H and O–H groups in total. The summed E-state index contributed by atoms with van der Waals surface area (Å²) in [6.07, 6.45) is 1.02. The summed E-state index contributed by atoms with van der Waals surface area (Å²) >= 11 is 13.0. The van der Waals surface area contributed by atoms with Gasteiger partial charge in [0.1, 0.15) is 4.99 Å². The van der Waals surface area contributed by atoms with Crippen molar-refractivity contribution in [2.75, 3.05) is 18.5 Å². The van der Waals surface area contributed by atoms with E-state index in [2.05, 4.69) is 22.4 Å². The second-order valence-electron chi connectivity index (χ2n) is 4.28. The molecule has 0 radical (unpaired) electrons. The van der Waals surface area contributed by atoms with Crippen molar-refractivity contribution in [2.24, 2.45) is 5.73 Å². The zero-order valence-corrected chi connectivity index (χ0v) is 13.0. The first-order valence-corrected chi connectivity index (χ1v) is 7.57. The van der Waals surface area contributed by atoms with E-state index in [1.807, 2.05) is 25.2 Å². The molecule has 0 saturated carbocycles. The lowest BCUT2D eigenvalue weighted by atomic mass is 10.2. The molecule has 0 fully saturated rings. The summed E-state index contributed by atoms with van der Waals surface area (Å²) < 4.78 is 0. The highest BCUT2D eigenvalue weighted by Gasteiger charge is 2.08. The number of nitrogens with zero attached hydrogens (tertiary/aromatic N) is 1. The molecular weight excluding hydrogens is 296 g/mol. The number of likely N-dealkylation sites (N-methyl/N-ethyl adjacent to an activating group) is 1. The molecule has 0 atom stereocenters. The van der Waals surface area contributed by atoms with Crippen LogP contribution in [0.15, 0.2) is 35.7 Å². The molecular formula is C14H15ClN2S2. The Balaban J connectivity index is 2.06. The average Bonchev–Trinajstić information content (AvgIpc) is 2.88. The van der Waals surface area contributed by atoms with E-state index < -0.39 is 0 Å². The van der Waals surface area contributed by atoms with Crippen LogP contribution in [0.3, 0.4) is 0 Å². The Labute approximate surface area is 127 Å². The molecule has 1 heterocycles. The van der Waals surface area contributed by atoms with Crippen LogP contribution in [0.1, 0.15) is 10.4 Å². The normalized spacial score (nSPS) is 10.4. The fourth-order valence-electron chi connectivity index (χ4n) is 1.82. The minimum atomic E-state index is 0.370. The first-order chi connectivity index (χ1) is 9.08. The van der Waals surface area contributed by atoms with Crippen molar-refractivity contribution in [3.8, 4) is 0 Å². The Bertz CT molecular complexity index is 567. The molecule has 2 aromatic rings. The smallest absolute Gasteiger partial charge is 0.104 e. The third-order valence-corrected chi connectivity index (χ3v) is 4.39. The molecule has 0 aliphatic heterocycles. The predicted molar refractivity (Wildman–Crippen MR) is 88.6 cm³/mol. The standard InChI is InChI=1S/C14H15ClN2S2/c1-17(7-6-11-3-2-8-19-11)13-5-4-10(14(16)18)9-12(13)15/h2-5,8-9H,6-7H2,1H3,(H2,16,18). The maximum Gasteiger partial charge on any atom is 0.104 e. The molecule has 0 aliphatic carbocycles. The highest BCUT2D eigenvalue weighted by molar-refractivity contribution is 7.80. The molecule has 19 heavy (non-hydrogen) atoms. The molecule has 0 aliphatic rings. The van der Waals surface area contributed by atoms with Crippen LogP contribution in [0.4, 0.5) is 5.69 Å². The summed E-state index contributed by atoms with van der Waals surface area (Å²) in [4.78, 5) is 3.89. The second kappa shape index (κ2) is 6.37. The van der Waals surface area contributed by atoms with Crippen molar-refractivity contribution in [1.29, 1.82) is 0 Å². The zero-order valence-electron chi connectivity index (χ0n) is 10.6.